The van der Waals surface area contributed by atoms with E-state index in [1.165, 1.54) is 5.56 Å². The summed E-state index contributed by atoms with van der Waals surface area (Å²) in [6.45, 7) is 1.68. The molecule has 2 aliphatic rings. The van der Waals surface area contributed by atoms with Gasteiger partial charge in [-0.25, -0.2) is 0 Å². The average molecular weight is 351 g/mol. The topological polar surface area (TPSA) is 64.0 Å². The number of hydrogen-bond acceptors (Lipinski definition) is 5. The predicted molar refractivity (Wildman–Crippen MR) is 103 cm³/mol. The van der Waals surface area contributed by atoms with E-state index in [-0.39, 0.29) is 12.4 Å². The smallest absolute Gasteiger partial charge is 0.173 e. The Morgan fingerprint density at radius 2 is 2.15 bits per heavy atom. The van der Waals surface area contributed by atoms with Gasteiger partial charge in [0.25, 0.3) is 0 Å². The minimum absolute atomic E-state index is 0.284. The third kappa shape index (κ3) is 4.06. The summed E-state index contributed by atoms with van der Waals surface area (Å²) < 4.78 is 11.2. The molecule has 2 unspecified atom stereocenters. The number of aryl methyl sites for hydroxylation is 1. The van der Waals surface area contributed by atoms with Crippen LogP contribution in [0.4, 0.5) is 0 Å². The van der Waals surface area contributed by atoms with Crippen molar-refractivity contribution in [2.75, 3.05) is 13.2 Å². The Bertz CT molecular complexity index is 776. The summed E-state index contributed by atoms with van der Waals surface area (Å²) in [4.78, 5) is 6.72. The normalized spacial score (nSPS) is 22.7. The van der Waals surface area contributed by atoms with Gasteiger partial charge in [0.05, 0.1) is 12.4 Å². The van der Waals surface area contributed by atoms with Crippen LogP contribution in [0.3, 0.4) is 0 Å². The first-order valence-electron chi connectivity index (χ1n) is 9.28. The van der Waals surface area contributed by atoms with Crippen LogP contribution in [-0.2, 0) is 11.2 Å². The molecule has 0 spiro atoms. The molecule has 5 heteroatoms. The minimum Gasteiger partial charge on any atom is -0.464 e. The second kappa shape index (κ2) is 7.89. The lowest BCUT2D eigenvalue weighted by molar-refractivity contribution is 0.0767. The molecule has 1 saturated heterocycles. The highest BCUT2D eigenvalue weighted by Crippen LogP contribution is 2.22. The molecule has 1 aromatic carbocycles. The first-order valence-corrected chi connectivity index (χ1v) is 9.28. The molecule has 0 bridgehead atoms. The van der Waals surface area contributed by atoms with Crippen molar-refractivity contribution in [2.24, 2.45) is 10.7 Å². The largest absolute Gasteiger partial charge is 0.464 e. The molecule has 1 aromatic heterocycles. The van der Waals surface area contributed by atoms with E-state index in [1.54, 1.807) is 6.26 Å². The van der Waals surface area contributed by atoms with Crippen LogP contribution in [0.2, 0.25) is 0 Å². The number of aliphatic imine (C=N–C) groups is 1. The second-order valence-electron chi connectivity index (χ2n) is 6.86. The molecule has 2 atom stereocenters. The lowest BCUT2D eigenvalue weighted by Crippen LogP contribution is -2.43. The van der Waals surface area contributed by atoms with Crippen molar-refractivity contribution < 1.29 is 9.15 Å². The quantitative estimate of drug-likeness (QED) is 0.864. The molecule has 2 aliphatic heterocycles. The maximum Gasteiger partial charge on any atom is 0.173 e. The van der Waals surface area contributed by atoms with Gasteiger partial charge in [0.2, 0.25) is 0 Å². The van der Waals surface area contributed by atoms with E-state index >= 15 is 0 Å². The lowest BCUT2D eigenvalue weighted by Gasteiger charge is -2.30. The van der Waals surface area contributed by atoms with Crippen LogP contribution < -0.4 is 5.73 Å². The highest BCUT2D eigenvalue weighted by Gasteiger charge is 2.22. The van der Waals surface area contributed by atoms with Crippen molar-refractivity contribution in [2.45, 2.75) is 38.1 Å². The van der Waals surface area contributed by atoms with Crippen molar-refractivity contribution in [1.82, 2.24) is 4.90 Å². The van der Waals surface area contributed by atoms with E-state index in [0.29, 0.717) is 0 Å². The Morgan fingerprint density at radius 3 is 2.92 bits per heavy atom. The molecule has 1 fully saturated rings. The molecule has 3 heterocycles. The monoisotopic (exact) mass is 351 g/mol. The number of allylic oxidation sites excluding steroid dienone is 1. The number of ether oxygens (including phenoxy) is 1. The molecule has 0 radical (unpaired) electrons. The standard InChI is InChI=1S/C21H25N3O2/c22-21-23-18(10-11-24(21)15-19-6-2-12-25-19)9-8-16-4-1-5-17(14-16)20-7-3-13-26-20/h1,3-5,7,10-11,13-14,19,21H,2,6,8-9,12,15,22H2. The fraction of sp³-hybridized carbons (Fsp3) is 0.381. The summed E-state index contributed by atoms with van der Waals surface area (Å²) in [5, 5.41) is 0. The maximum atomic E-state index is 6.22. The molecule has 2 N–H and O–H groups in total. The Kier molecular flexibility index (Phi) is 5.18. The molecule has 4 rings (SSSR count). The number of rotatable bonds is 6. The number of nitrogens with two attached hydrogens (primary N) is 1. The molecular weight excluding hydrogens is 326 g/mol. The van der Waals surface area contributed by atoms with E-state index < -0.39 is 0 Å². The van der Waals surface area contributed by atoms with E-state index in [1.807, 2.05) is 12.1 Å². The van der Waals surface area contributed by atoms with Gasteiger partial charge in [-0.1, -0.05) is 18.2 Å². The second-order valence-corrected chi connectivity index (χ2v) is 6.86. The SMILES string of the molecule is NC1N=C(CCc2cccc(-c3ccco3)c2)C=CN1CC1CCCO1. The highest BCUT2D eigenvalue weighted by atomic mass is 16.5. The van der Waals surface area contributed by atoms with E-state index in [9.17, 15) is 0 Å². The van der Waals surface area contributed by atoms with Crippen LogP contribution in [-0.4, -0.2) is 36.2 Å². The zero-order chi connectivity index (χ0) is 17.8. The van der Waals surface area contributed by atoms with Crippen LogP contribution in [0, 0.1) is 0 Å². The van der Waals surface area contributed by atoms with E-state index in [2.05, 4.69) is 46.4 Å². The van der Waals surface area contributed by atoms with Crippen molar-refractivity contribution in [3.63, 3.8) is 0 Å². The highest BCUT2D eigenvalue weighted by molar-refractivity contribution is 5.95. The fourth-order valence-electron chi connectivity index (χ4n) is 3.49. The predicted octanol–water partition coefficient (Wildman–Crippen LogP) is 3.57. The Balaban J connectivity index is 1.34. The van der Waals surface area contributed by atoms with Gasteiger partial charge in [0.15, 0.2) is 6.29 Å². The van der Waals surface area contributed by atoms with Crippen molar-refractivity contribution >= 4 is 5.71 Å². The van der Waals surface area contributed by atoms with Crippen LogP contribution in [0.5, 0.6) is 0 Å². The summed E-state index contributed by atoms with van der Waals surface area (Å²) in [6.07, 6.45) is 9.87. The summed E-state index contributed by atoms with van der Waals surface area (Å²) in [6, 6.07) is 12.3. The Labute approximate surface area is 154 Å². The average Bonchev–Trinajstić information content (AvgIpc) is 3.36. The third-order valence-electron chi connectivity index (χ3n) is 4.94. The van der Waals surface area contributed by atoms with Crippen molar-refractivity contribution in [3.05, 3.63) is 60.5 Å². The van der Waals surface area contributed by atoms with E-state index in [0.717, 1.165) is 55.9 Å². The summed E-state index contributed by atoms with van der Waals surface area (Å²) >= 11 is 0. The summed E-state index contributed by atoms with van der Waals surface area (Å²) in [7, 11) is 0. The Hall–Kier alpha value is -2.37. The summed E-state index contributed by atoms with van der Waals surface area (Å²) in [5.41, 5.74) is 9.64. The maximum absolute atomic E-state index is 6.22. The zero-order valence-electron chi connectivity index (χ0n) is 14.9. The molecular formula is C21H25N3O2. The number of furan rings is 1. The van der Waals surface area contributed by atoms with Crippen LogP contribution in [0.15, 0.2) is 64.3 Å². The number of benzene rings is 1. The van der Waals surface area contributed by atoms with Gasteiger partial charge in [-0.3, -0.25) is 10.7 Å². The fourth-order valence-corrected chi connectivity index (χ4v) is 3.49. The third-order valence-corrected chi connectivity index (χ3v) is 4.94. The van der Waals surface area contributed by atoms with Crippen LogP contribution >= 0.6 is 0 Å². The number of hydrogen-bond donors (Lipinski definition) is 1. The molecule has 5 nitrogen and oxygen atoms in total. The first-order chi connectivity index (χ1) is 12.8. The van der Waals surface area contributed by atoms with Gasteiger partial charge in [-0.05, 0) is 55.5 Å². The molecule has 136 valence electrons. The number of nitrogens with zero attached hydrogens (tertiary/aromatic N) is 2. The van der Waals surface area contributed by atoms with Gasteiger partial charge >= 0.3 is 0 Å². The molecule has 26 heavy (non-hydrogen) atoms. The Morgan fingerprint density at radius 1 is 1.19 bits per heavy atom. The first kappa shape index (κ1) is 17.1. The zero-order valence-corrected chi connectivity index (χ0v) is 14.9. The minimum atomic E-state index is -0.311. The van der Waals surface area contributed by atoms with Crippen molar-refractivity contribution in [3.8, 4) is 11.3 Å². The molecule has 2 aromatic rings. The van der Waals surface area contributed by atoms with E-state index in [4.69, 9.17) is 14.9 Å². The molecule has 0 amide bonds. The van der Waals surface area contributed by atoms with Crippen LogP contribution in [0.25, 0.3) is 11.3 Å². The van der Waals surface area contributed by atoms with Gasteiger partial charge in [0, 0.05) is 30.6 Å². The van der Waals surface area contributed by atoms with Gasteiger partial charge in [0.1, 0.15) is 5.76 Å². The van der Waals surface area contributed by atoms with Crippen molar-refractivity contribution in [1.29, 1.82) is 0 Å². The van der Waals surface area contributed by atoms with Gasteiger partial charge < -0.3 is 14.1 Å². The molecule has 0 saturated carbocycles. The van der Waals surface area contributed by atoms with Gasteiger partial charge in [-0.2, -0.15) is 0 Å². The van der Waals surface area contributed by atoms with Crippen LogP contribution in [0.1, 0.15) is 24.8 Å². The molecule has 0 aliphatic carbocycles. The van der Waals surface area contributed by atoms with Gasteiger partial charge in [-0.15, -0.1) is 0 Å². The lowest BCUT2D eigenvalue weighted by atomic mass is 10.0. The summed E-state index contributed by atoms with van der Waals surface area (Å²) in [5.74, 6) is 0.897.